The van der Waals surface area contributed by atoms with Crippen molar-refractivity contribution >= 4 is 5.91 Å². The van der Waals surface area contributed by atoms with Crippen LogP contribution in [0.4, 0.5) is 0 Å². The van der Waals surface area contributed by atoms with Crippen molar-refractivity contribution in [1.82, 2.24) is 20.0 Å². The Labute approximate surface area is 148 Å². The van der Waals surface area contributed by atoms with E-state index >= 15 is 0 Å². The van der Waals surface area contributed by atoms with Gasteiger partial charge in [0.05, 0.1) is 25.3 Å². The van der Waals surface area contributed by atoms with Gasteiger partial charge in [0.1, 0.15) is 5.76 Å². The maximum Gasteiger partial charge on any atom is 0.235 e. The Morgan fingerprint density at radius 3 is 2.88 bits per heavy atom. The second kappa shape index (κ2) is 8.29. The fraction of sp³-hybridized carbons (Fsp3) is 0.611. The number of hydrogen-bond donors (Lipinski definition) is 0. The molecule has 7 nitrogen and oxygen atoms in total. The van der Waals surface area contributed by atoms with Crippen LogP contribution in [0, 0.1) is 5.92 Å². The Hall–Kier alpha value is -2.15. The van der Waals surface area contributed by atoms with E-state index < -0.39 is 0 Å². The molecule has 0 saturated carbocycles. The lowest BCUT2D eigenvalue weighted by atomic mass is 9.96. The number of rotatable bonds is 7. The molecule has 1 fully saturated rings. The zero-order valence-corrected chi connectivity index (χ0v) is 15.0. The lowest BCUT2D eigenvalue weighted by Crippen LogP contribution is -2.44. The van der Waals surface area contributed by atoms with Crippen molar-refractivity contribution in [1.29, 1.82) is 0 Å². The van der Waals surface area contributed by atoms with Gasteiger partial charge < -0.3 is 13.7 Å². The molecule has 3 rings (SSSR count). The highest BCUT2D eigenvalue weighted by molar-refractivity contribution is 5.79. The van der Waals surface area contributed by atoms with E-state index in [0.29, 0.717) is 31.3 Å². The van der Waals surface area contributed by atoms with Crippen LogP contribution in [0.3, 0.4) is 0 Å². The third-order valence-electron chi connectivity index (χ3n) is 4.64. The summed E-state index contributed by atoms with van der Waals surface area (Å²) in [5.41, 5.74) is 0. The Bertz CT molecular complexity index is 668. The highest BCUT2D eigenvalue weighted by Gasteiger charge is 2.29. The average molecular weight is 346 g/mol. The van der Waals surface area contributed by atoms with E-state index in [1.165, 1.54) is 0 Å². The van der Waals surface area contributed by atoms with Gasteiger partial charge in [0.2, 0.25) is 17.7 Å². The number of aryl methyl sites for hydroxylation is 1. The predicted molar refractivity (Wildman–Crippen MR) is 91.5 cm³/mol. The van der Waals surface area contributed by atoms with Crippen molar-refractivity contribution in [2.75, 3.05) is 19.6 Å². The summed E-state index contributed by atoms with van der Waals surface area (Å²) in [5.74, 6) is 2.25. The molecule has 0 spiro atoms. The predicted octanol–water partition coefficient (Wildman–Crippen LogP) is 2.49. The minimum Gasteiger partial charge on any atom is -0.468 e. The molecule has 1 unspecified atom stereocenters. The standard InChI is InChI=1S/C18H26N4O3/c1-3-16-19-20-17(25-16)13-22(4-2)18(23)14-7-5-9-21(11-14)12-15-8-6-10-24-15/h6,8,10,14H,3-5,7,9,11-13H2,1-2H3. The molecule has 0 N–H and O–H groups in total. The van der Waals surface area contributed by atoms with Gasteiger partial charge in [-0.25, -0.2) is 0 Å². The van der Waals surface area contributed by atoms with Gasteiger partial charge in [0.15, 0.2) is 0 Å². The molecule has 3 heterocycles. The van der Waals surface area contributed by atoms with E-state index in [-0.39, 0.29) is 11.8 Å². The summed E-state index contributed by atoms with van der Waals surface area (Å²) in [7, 11) is 0. The molecule has 0 radical (unpaired) electrons. The maximum atomic E-state index is 12.9. The van der Waals surface area contributed by atoms with Crippen molar-refractivity contribution in [3.05, 3.63) is 35.9 Å². The number of piperidine rings is 1. The van der Waals surface area contributed by atoms with Crippen molar-refractivity contribution in [3.8, 4) is 0 Å². The van der Waals surface area contributed by atoms with Crippen LogP contribution in [0.1, 0.15) is 44.2 Å². The fourth-order valence-corrected chi connectivity index (χ4v) is 3.29. The minimum atomic E-state index is 0.0113. The zero-order chi connectivity index (χ0) is 17.6. The molecule has 136 valence electrons. The molecule has 1 atom stereocenters. The first kappa shape index (κ1) is 17.7. The highest BCUT2D eigenvalue weighted by Crippen LogP contribution is 2.21. The highest BCUT2D eigenvalue weighted by atomic mass is 16.4. The van der Waals surface area contributed by atoms with Crippen LogP contribution in [0.2, 0.25) is 0 Å². The van der Waals surface area contributed by atoms with E-state index in [1.54, 1.807) is 6.26 Å². The van der Waals surface area contributed by atoms with Crippen LogP contribution in [0.5, 0.6) is 0 Å². The molecule has 1 aliphatic rings. The van der Waals surface area contributed by atoms with Gasteiger partial charge in [-0.3, -0.25) is 9.69 Å². The normalized spacial score (nSPS) is 18.4. The van der Waals surface area contributed by atoms with E-state index in [4.69, 9.17) is 8.83 Å². The molecule has 1 saturated heterocycles. The molecule has 1 amide bonds. The first-order valence-corrected chi connectivity index (χ1v) is 9.04. The van der Waals surface area contributed by atoms with E-state index in [9.17, 15) is 4.79 Å². The van der Waals surface area contributed by atoms with Crippen molar-refractivity contribution in [2.45, 2.75) is 46.2 Å². The van der Waals surface area contributed by atoms with Crippen LogP contribution in [0.25, 0.3) is 0 Å². The van der Waals surface area contributed by atoms with E-state index in [2.05, 4.69) is 15.1 Å². The van der Waals surface area contributed by atoms with Gasteiger partial charge >= 0.3 is 0 Å². The zero-order valence-electron chi connectivity index (χ0n) is 15.0. The number of nitrogens with zero attached hydrogens (tertiary/aromatic N) is 4. The number of amides is 1. The summed E-state index contributed by atoms with van der Waals surface area (Å²) >= 11 is 0. The molecule has 0 aromatic carbocycles. The quantitative estimate of drug-likeness (QED) is 0.767. The topological polar surface area (TPSA) is 75.6 Å². The number of aromatic nitrogens is 2. The first-order valence-electron chi connectivity index (χ1n) is 9.04. The molecule has 25 heavy (non-hydrogen) atoms. The summed E-state index contributed by atoms with van der Waals surface area (Å²) in [4.78, 5) is 17.0. The van der Waals surface area contributed by atoms with Gasteiger partial charge in [-0.1, -0.05) is 6.92 Å². The Morgan fingerprint density at radius 1 is 1.36 bits per heavy atom. The van der Waals surface area contributed by atoms with E-state index in [0.717, 1.165) is 38.2 Å². The molecule has 1 aliphatic heterocycles. The van der Waals surface area contributed by atoms with Gasteiger partial charge in [0, 0.05) is 19.5 Å². The summed E-state index contributed by atoms with van der Waals surface area (Å²) in [6, 6.07) is 3.88. The molecular weight excluding hydrogens is 320 g/mol. The minimum absolute atomic E-state index is 0.0113. The summed E-state index contributed by atoms with van der Waals surface area (Å²) in [6.45, 7) is 7.50. The number of carbonyl (C=O) groups is 1. The molecule has 7 heteroatoms. The molecular formula is C18H26N4O3. The summed E-state index contributed by atoms with van der Waals surface area (Å²) in [5, 5.41) is 8.01. The summed E-state index contributed by atoms with van der Waals surface area (Å²) in [6.07, 6.45) is 4.34. The van der Waals surface area contributed by atoms with Crippen molar-refractivity contribution in [3.63, 3.8) is 0 Å². The van der Waals surface area contributed by atoms with Gasteiger partial charge in [-0.2, -0.15) is 0 Å². The lowest BCUT2D eigenvalue weighted by molar-refractivity contribution is -0.138. The Morgan fingerprint density at radius 2 is 2.20 bits per heavy atom. The van der Waals surface area contributed by atoms with Crippen molar-refractivity contribution in [2.24, 2.45) is 5.92 Å². The van der Waals surface area contributed by atoms with Crippen LogP contribution in [-0.4, -0.2) is 45.5 Å². The number of hydrogen-bond acceptors (Lipinski definition) is 6. The Kier molecular flexibility index (Phi) is 5.86. The number of carbonyl (C=O) groups excluding carboxylic acids is 1. The van der Waals surface area contributed by atoms with Crippen LogP contribution < -0.4 is 0 Å². The van der Waals surface area contributed by atoms with Gasteiger partial charge in [0.25, 0.3) is 0 Å². The van der Waals surface area contributed by atoms with Crippen LogP contribution in [0.15, 0.2) is 27.2 Å². The molecule has 2 aromatic heterocycles. The summed E-state index contributed by atoms with van der Waals surface area (Å²) < 4.78 is 11.0. The average Bonchev–Trinajstić information content (AvgIpc) is 3.31. The first-order chi connectivity index (χ1) is 12.2. The second-order valence-corrected chi connectivity index (χ2v) is 6.45. The monoisotopic (exact) mass is 346 g/mol. The second-order valence-electron chi connectivity index (χ2n) is 6.45. The Balaban J connectivity index is 1.59. The van der Waals surface area contributed by atoms with Gasteiger partial charge in [-0.05, 0) is 38.4 Å². The van der Waals surface area contributed by atoms with Crippen LogP contribution in [-0.2, 0) is 24.3 Å². The SMILES string of the molecule is CCc1nnc(CN(CC)C(=O)C2CCCN(Cc3ccco3)C2)o1. The maximum absolute atomic E-state index is 12.9. The third-order valence-corrected chi connectivity index (χ3v) is 4.64. The van der Waals surface area contributed by atoms with Gasteiger partial charge in [-0.15, -0.1) is 10.2 Å². The smallest absolute Gasteiger partial charge is 0.235 e. The van der Waals surface area contributed by atoms with E-state index in [1.807, 2.05) is 30.9 Å². The van der Waals surface area contributed by atoms with Crippen molar-refractivity contribution < 1.29 is 13.6 Å². The number of likely N-dealkylation sites (tertiary alicyclic amines) is 1. The lowest BCUT2D eigenvalue weighted by Gasteiger charge is -2.34. The number of furan rings is 1. The third kappa shape index (κ3) is 4.48. The van der Waals surface area contributed by atoms with Crippen LogP contribution >= 0.6 is 0 Å². The molecule has 0 bridgehead atoms. The molecule has 0 aliphatic carbocycles. The largest absolute Gasteiger partial charge is 0.468 e. The molecule has 2 aromatic rings. The fourth-order valence-electron chi connectivity index (χ4n) is 3.29.